The molecule has 3 heterocycles. The Morgan fingerprint density at radius 1 is 1.19 bits per heavy atom. The minimum atomic E-state index is -0.171. The van der Waals surface area contributed by atoms with Gasteiger partial charge in [-0.05, 0) is 24.8 Å². The zero-order chi connectivity index (χ0) is 18.9. The van der Waals surface area contributed by atoms with Crippen molar-refractivity contribution in [3.8, 4) is 0 Å². The van der Waals surface area contributed by atoms with Gasteiger partial charge in [0.1, 0.15) is 12.4 Å². The van der Waals surface area contributed by atoms with Crippen LogP contribution in [0.1, 0.15) is 49.8 Å². The molecule has 6 nitrogen and oxygen atoms in total. The third kappa shape index (κ3) is 4.05. The van der Waals surface area contributed by atoms with Crippen LogP contribution in [0.4, 0.5) is 0 Å². The molecule has 0 atom stereocenters. The van der Waals surface area contributed by atoms with Gasteiger partial charge >= 0.3 is 0 Å². The lowest BCUT2D eigenvalue weighted by atomic mass is 9.84. The van der Waals surface area contributed by atoms with Gasteiger partial charge in [-0.3, -0.25) is 4.79 Å². The van der Waals surface area contributed by atoms with E-state index in [1.165, 1.54) is 5.56 Å². The summed E-state index contributed by atoms with van der Waals surface area (Å²) in [4.78, 5) is 19.7. The first-order valence-corrected chi connectivity index (χ1v) is 10.0. The van der Waals surface area contributed by atoms with Gasteiger partial charge in [0.05, 0.1) is 0 Å². The number of hydrogen-bond donors (Lipinski definition) is 1. The molecule has 1 fully saturated rings. The molecule has 144 valence electrons. The molecule has 1 spiro atoms. The highest BCUT2D eigenvalue weighted by molar-refractivity contribution is 5.77. The van der Waals surface area contributed by atoms with Gasteiger partial charge in [0.25, 0.3) is 0 Å². The lowest BCUT2D eigenvalue weighted by molar-refractivity contribution is -0.123. The Kier molecular flexibility index (Phi) is 5.00. The van der Waals surface area contributed by atoms with Crippen LogP contribution in [0.5, 0.6) is 0 Å². The zero-order valence-electron chi connectivity index (χ0n) is 16.3. The molecule has 0 unspecified atom stereocenters. The Morgan fingerprint density at radius 3 is 2.63 bits per heavy atom. The first-order valence-electron chi connectivity index (χ1n) is 10.0. The number of amides is 1. The Labute approximate surface area is 161 Å². The highest BCUT2D eigenvalue weighted by atomic mass is 16.2. The Hall–Kier alpha value is -2.21. The number of rotatable bonds is 4. The van der Waals surface area contributed by atoms with Crippen LogP contribution in [0.3, 0.4) is 0 Å². The largest absolute Gasteiger partial charge is 0.349 e. The van der Waals surface area contributed by atoms with E-state index in [1.807, 2.05) is 0 Å². The van der Waals surface area contributed by atoms with Crippen LogP contribution >= 0.6 is 0 Å². The van der Waals surface area contributed by atoms with Crippen LogP contribution in [0, 0.1) is 0 Å². The molecule has 2 aliphatic rings. The molecule has 1 aromatic heterocycles. The van der Waals surface area contributed by atoms with Gasteiger partial charge in [0.2, 0.25) is 5.91 Å². The van der Waals surface area contributed by atoms with E-state index < -0.39 is 0 Å². The fourth-order valence-electron chi connectivity index (χ4n) is 4.15. The van der Waals surface area contributed by atoms with E-state index in [1.54, 1.807) is 4.68 Å². The Balaban J connectivity index is 1.41. The molecule has 2 aromatic rings. The minimum absolute atomic E-state index is 0.0618. The molecule has 2 aliphatic heterocycles. The first kappa shape index (κ1) is 18.2. The number of fused-ring (bicyclic) bond motifs is 1. The van der Waals surface area contributed by atoms with Crippen LogP contribution in [-0.2, 0) is 24.2 Å². The second-order valence-corrected chi connectivity index (χ2v) is 8.28. The summed E-state index contributed by atoms with van der Waals surface area (Å²) in [7, 11) is 0. The van der Waals surface area contributed by atoms with E-state index in [9.17, 15) is 4.79 Å². The lowest BCUT2D eigenvalue weighted by Gasteiger charge is -2.41. The molecule has 0 saturated carbocycles. The number of nitrogens with zero attached hydrogens (tertiary/aromatic N) is 4. The molecular weight excluding hydrogens is 338 g/mol. The maximum atomic E-state index is 12.5. The maximum Gasteiger partial charge on any atom is 0.242 e. The number of aromatic nitrogens is 3. The van der Waals surface area contributed by atoms with Gasteiger partial charge in [0, 0.05) is 37.5 Å². The van der Waals surface area contributed by atoms with Crippen LogP contribution in [0.2, 0.25) is 0 Å². The SMILES string of the molecule is CC(C)c1nc2n(n1)CC(=O)NC1(CCN(CCc3ccccc3)CC1)C2. The average Bonchev–Trinajstić information content (AvgIpc) is 2.99. The standard InChI is InChI=1S/C21H29N5O/c1-16(2)20-22-18-14-21(23-19(27)15-26(18)24-20)9-12-25(13-10-21)11-8-17-6-4-3-5-7-17/h3-7,16H,8-15H2,1-2H3,(H,23,27). The van der Waals surface area contributed by atoms with Crippen LogP contribution in [0.15, 0.2) is 30.3 Å². The number of benzene rings is 1. The summed E-state index contributed by atoms with van der Waals surface area (Å²) in [5, 5.41) is 7.85. The second-order valence-electron chi connectivity index (χ2n) is 8.28. The zero-order valence-corrected chi connectivity index (χ0v) is 16.3. The topological polar surface area (TPSA) is 63.1 Å². The van der Waals surface area contributed by atoms with Gasteiger partial charge in [-0.1, -0.05) is 44.2 Å². The van der Waals surface area contributed by atoms with Crippen molar-refractivity contribution in [3.05, 3.63) is 47.5 Å². The molecule has 1 N–H and O–H groups in total. The summed E-state index contributed by atoms with van der Waals surface area (Å²) in [6.45, 7) is 7.57. The molecule has 27 heavy (non-hydrogen) atoms. The van der Waals surface area contributed by atoms with E-state index in [2.05, 4.69) is 59.5 Å². The monoisotopic (exact) mass is 367 g/mol. The van der Waals surface area contributed by atoms with E-state index in [-0.39, 0.29) is 23.9 Å². The molecule has 1 aromatic carbocycles. The Morgan fingerprint density at radius 2 is 1.93 bits per heavy atom. The van der Waals surface area contributed by atoms with Crippen molar-refractivity contribution in [3.63, 3.8) is 0 Å². The van der Waals surface area contributed by atoms with Crippen molar-refractivity contribution in [2.45, 2.75) is 57.5 Å². The molecule has 0 aliphatic carbocycles. The Bertz CT molecular complexity index is 790. The van der Waals surface area contributed by atoms with Crippen molar-refractivity contribution < 1.29 is 4.79 Å². The van der Waals surface area contributed by atoms with Crippen molar-refractivity contribution >= 4 is 5.91 Å². The number of piperidine rings is 1. The maximum absolute atomic E-state index is 12.5. The third-order valence-electron chi connectivity index (χ3n) is 5.85. The van der Waals surface area contributed by atoms with Crippen molar-refractivity contribution in [2.24, 2.45) is 0 Å². The fraction of sp³-hybridized carbons (Fsp3) is 0.571. The third-order valence-corrected chi connectivity index (χ3v) is 5.85. The minimum Gasteiger partial charge on any atom is -0.349 e. The molecule has 0 radical (unpaired) electrons. The van der Waals surface area contributed by atoms with E-state index in [0.717, 1.165) is 57.0 Å². The molecule has 4 rings (SSSR count). The average molecular weight is 367 g/mol. The number of hydrogen-bond acceptors (Lipinski definition) is 4. The van der Waals surface area contributed by atoms with Crippen molar-refractivity contribution in [1.29, 1.82) is 0 Å². The summed E-state index contributed by atoms with van der Waals surface area (Å²) in [6, 6.07) is 10.6. The second kappa shape index (κ2) is 7.43. The van der Waals surface area contributed by atoms with E-state index in [4.69, 9.17) is 4.98 Å². The fourth-order valence-corrected chi connectivity index (χ4v) is 4.15. The van der Waals surface area contributed by atoms with Crippen LogP contribution in [-0.4, -0.2) is 50.7 Å². The predicted octanol–water partition coefficient (Wildman–Crippen LogP) is 2.15. The lowest BCUT2D eigenvalue weighted by Crippen LogP contribution is -2.56. The quantitative estimate of drug-likeness (QED) is 0.899. The summed E-state index contributed by atoms with van der Waals surface area (Å²) >= 11 is 0. The number of likely N-dealkylation sites (tertiary alicyclic amines) is 1. The van der Waals surface area contributed by atoms with E-state index >= 15 is 0 Å². The number of nitrogens with one attached hydrogen (secondary N) is 1. The normalized spacial score (nSPS) is 19.7. The molecule has 6 heteroatoms. The van der Waals surface area contributed by atoms with Gasteiger partial charge in [-0.15, -0.1) is 0 Å². The molecule has 1 saturated heterocycles. The van der Waals surface area contributed by atoms with Gasteiger partial charge in [-0.25, -0.2) is 9.67 Å². The van der Waals surface area contributed by atoms with Crippen LogP contribution in [0.25, 0.3) is 0 Å². The molecule has 1 amide bonds. The summed E-state index contributed by atoms with van der Waals surface area (Å²) in [6.07, 6.45) is 3.80. The highest BCUT2D eigenvalue weighted by Crippen LogP contribution is 2.28. The molecule has 0 bridgehead atoms. The van der Waals surface area contributed by atoms with Gasteiger partial charge < -0.3 is 10.2 Å². The highest BCUT2D eigenvalue weighted by Gasteiger charge is 2.39. The summed E-state index contributed by atoms with van der Waals surface area (Å²) in [5.41, 5.74) is 1.21. The van der Waals surface area contributed by atoms with Gasteiger partial charge in [0.15, 0.2) is 5.82 Å². The summed E-state index contributed by atoms with van der Waals surface area (Å²) < 4.78 is 1.81. The smallest absolute Gasteiger partial charge is 0.242 e. The molecular formula is C21H29N5O. The van der Waals surface area contributed by atoms with Crippen molar-refractivity contribution in [2.75, 3.05) is 19.6 Å². The van der Waals surface area contributed by atoms with Gasteiger partial charge in [-0.2, -0.15) is 5.10 Å². The number of carbonyl (C=O) groups is 1. The van der Waals surface area contributed by atoms with E-state index in [0.29, 0.717) is 0 Å². The predicted molar refractivity (Wildman–Crippen MR) is 105 cm³/mol. The summed E-state index contributed by atoms with van der Waals surface area (Å²) in [5.74, 6) is 2.14. The van der Waals surface area contributed by atoms with Crippen molar-refractivity contribution in [1.82, 2.24) is 25.0 Å². The first-order chi connectivity index (χ1) is 13.0. The number of carbonyl (C=O) groups excluding carboxylic acids is 1. The van der Waals surface area contributed by atoms with Crippen LogP contribution < -0.4 is 5.32 Å².